The topological polar surface area (TPSA) is 61.5 Å². The number of fused-ring (bicyclic) bond motifs is 3. The van der Waals surface area contributed by atoms with Gasteiger partial charge in [-0.3, -0.25) is 14.6 Å². The van der Waals surface area contributed by atoms with Crippen molar-refractivity contribution in [2.24, 2.45) is 0 Å². The van der Waals surface area contributed by atoms with Gasteiger partial charge in [0, 0.05) is 26.2 Å². The lowest BCUT2D eigenvalue weighted by atomic mass is 10.3. The molecule has 5 rings (SSSR count). The first-order valence-corrected chi connectivity index (χ1v) is 9.42. The number of hydrazine groups is 1. The van der Waals surface area contributed by atoms with Crippen LogP contribution < -0.4 is 10.0 Å². The number of imidazole rings is 1. The minimum atomic E-state index is 0.722. The Balaban J connectivity index is 1.60. The molecule has 0 saturated carbocycles. The molecule has 0 aliphatic carbocycles. The molecule has 0 unspecified atom stereocenters. The van der Waals surface area contributed by atoms with Gasteiger partial charge in [-0.1, -0.05) is 12.1 Å². The summed E-state index contributed by atoms with van der Waals surface area (Å²) in [6, 6.07) is 8.35. The summed E-state index contributed by atoms with van der Waals surface area (Å²) in [6.07, 6.45) is 0. The maximum atomic E-state index is 4.96. The lowest BCUT2D eigenvalue weighted by molar-refractivity contribution is 0.130. The van der Waals surface area contributed by atoms with Crippen LogP contribution >= 0.6 is 0 Å². The Kier molecular flexibility index (Phi) is 3.80. The summed E-state index contributed by atoms with van der Waals surface area (Å²) in [4.78, 5) is 7.33. The van der Waals surface area contributed by atoms with Gasteiger partial charge < -0.3 is 4.90 Å². The fraction of sp³-hybridized carbons (Fsp3) is 0.500. The van der Waals surface area contributed by atoms with Gasteiger partial charge in [0.1, 0.15) is 25.0 Å². The number of nitrogens with zero attached hydrogens (tertiary/aromatic N) is 9. The largest absolute Gasteiger partial charge is 0.304 e. The van der Waals surface area contributed by atoms with Crippen LogP contribution in [0.4, 0.5) is 5.95 Å². The quantitative estimate of drug-likeness (QED) is 0.663. The second-order valence-corrected chi connectivity index (χ2v) is 7.38. The molecular formula is C18H25N9. The second kappa shape index (κ2) is 6.21. The third-order valence-electron chi connectivity index (χ3n) is 5.52. The van der Waals surface area contributed by atoms with E-state index in [9.17, 15) is 0 Å². The van der Waals surface area contributed by atoms with Gasteiger partial charge in [0.05, 0.1) is 11.0 Å². The average molecular weight is 367 g/mol. The van der Waals surface area contributed by atoms with Crippen LogP contribution in [0.1, 0.15) is 11.6 Å². The van der Waals surface area contributed by atoms with Crippen molar-refractivity contribution in [1.29, 1.82) is 0 Å². The molecule has 27 heavy (non-hydrogen) atoms. The van der Waals surface area contributed by atoms with Crippen molar-refractivity contribution in [2.45, 2.75) is 20.5 Å². The number of anilines is 1. The number of piperazine rings is 1. The zero-order valence-electron chi connectivity index (χ0n) is 16.1. The van der Waals surface area contributed by atoms with Crippen LogP contribution in [0, 0.1) is 13.8 Å². The van der Waals surface area contributed by atoms with Crippen molar-refractivity contribution < 1.29 is 0 Å². The Bertz CT molecular complexity index is 947. The van der Waals surface area contributed by atoms with Crippen LogP contribution in [0.3, 0.4) is 0 Å². The van der Waals surface area contributed by atoms with Crippen LogP contribution in [0.2, 0.25) is 0 Å². The van der Waals surface area contributed by atoms with Crippen molar-refractivity contribution in [3.05, 3.63) is 35.9 Å². The number of likely N-dealkylation sites (N-methyl/N-ethyl adjacent to an activating group) is 1. The minimum Gasteiger partial charge on any atom is -0.304 e. The van der Waals surface area contributed by atoms with E-state index >= 15 is 0 Å². The molecule has 0 radical (unpaired) electrons. The van der Waals surface area contributed by atoms with E-state index in [-0.39, 0.29) is 0 Å². The molecule has 1 aromatic carbocycles. The standard InChI is InChI=1S/C18H25N9/c1-14-20-21-15(2)27(14)24-12-25-17-7-5-4-6-16(17)19-18(25)26(13-24)23-10-8-22(3)9-11-23/h4-7H,8-13H2,1-3H3. The molecule has 0 amide bonds. The van der Waals surface area contributed by atoms with Crippen molar-refractivity contribution in [1.82, 2.24) is 34.3 Å². The van der Waals surface area contributed by atoms with E-state index in [0.717, 1.165) is 68.1 Å². The Morgan fingerprint density at radius 1 is 0.852 bits per heavy atom. The van der Waals surface area contributed by atoms with Crippen LogP contribution in [-0.4, -0.2) is 74.2 Å². The molecular weight excluding hydrogens is 342 g/mol. The summed E-state index contributed by atoms with van der Waals surface area (Å²) in [5.74, 6) is 2.82. The van der Waals surface area contributed by atoms with Crippen LogP contribution in [-0.2, 0) is 6.67 Å². The number of aromatic nitrogens is 5. The molecule has 142 valence electrons. The molecule has 2 aliphatic rings. The first-order valence-electron chi connectivity index (χ1n) is 9.42. The van der Waals surface area contributed by atoms with E-state index in [4.69, 9.17) is 4.98 Å². The molecule has 3 aromatic rings. The van der Waals surface area contributed by atoms with E-state index in [2.05, 4.69) is 64.6 Å². The highest BCUT2D eigenvalue weighted by Crippen LogP contribution is 2.28. The fourth-order valence-corrected chi connectivity index (χ4v) is 4.08. The van der Waals surface area contributed by atoms with Gasteiger partial charge in [-0.25, -0.2) is 14.7 Å². The molecule has 0 spiro atoms. The zero-order valence-corrected chi connectivity index (χ0v) is 16.1. The monoisotopic (exact) mass is 367 g/mol. The maximum absolute atomic E-state index is 4.96. The summed E-state index contributed by atoms with van der Waals surface area (Å²) in [5.41, 5.74) is 2.19. The first kappa shape index (κ1) is 16.5. The average Bonchev–Trinajstić information content (AvgIpc) is 3.21. The molecule has 0 N–H and O–H groups in total. The molecule has 2 aliphatic heterocycles. The van der Waals surface area contributed by atoms with Crippen molar-refractivity contribution >= 4 is 17.0 Å². The summed E-state index contributed by atoms with van der Waals surface area (Å²) in [7, 11) is 2.18. The Hall–Kier alpha value is -2.65. The number of hydrogen-bond acceptors (Lipinski definition) is 7. The molecule has 0 atom stereocenters. The smallest absolute Gasteiger partial charge is 0.224 e. The predicted molar refractivity (Wildman–Crippen MR) is 104 cm³/mol. The van der Waals surface area contributed by atoms with E-state index < -0.39 is 0 Å². The van der Waals surface area contributed by atoms with Crippen molar-refractivity contribution in [3.63, 3.8) is 0 Å². The lowest BCUT2D eigenvalue weighted by Crippen LogP contribution is -2.60. The number of hydrogen-bond donors (Lipinski definition) is 0. The highest BCUT2D eigenvalue weighted by molar-refractivity contribution is 5.79. The Labute approximate surface area is 158 Å². The highest BCUT2D eigenvalue weighted by Gasteiger charge is 2.32. The molecule has 2 aromatic heterocycles. The van der Waals surface area contributed by atoms with Crippen LogP contribution in [0.5, 0.6) is 0 Å². The van der Waals surface area contributed by atoms with Gasteiger partial charge in [0.15, 0.2) is 0 Å². The molecule has 1 saturated heterocycles. The van der Waals surface area contributed by atoms with Gasteiger partial charge in [0.25, 0.3) is 0 Å². The van der Waals surface area contributed by atoms with E-state index in [0.29, 0.717) is 0 Å². The van der Waals surface area contributed by atoms with Gasteiger partial charge in [-0.15, -0.1) is 10.2 Å². The Morgan fingerprint density at radius 3 is 2.30 bits per heavy atom. The van der Waals surface area contributed by atoms with Crippen molar-refractivity contribution in [2.75, 3.05) is 49.9 Å². The lowest BCUT2D eigenvalue weighted by Gasteiger charge is -2.46. The van der Waals surface area contributed by atoms with Gasteiger partial charge >= 0.3 is 0 Å². The number of benzene rings is 1. The number of aryl methyl sites for hydroxylation is 2. The summed E-state index contributed by atoms with van der Waals surface area (Å²) in [6.45, 7) is 9.56. The van der Waals surface area contributed by atoms with E-state index in [1.54, 1.807) is 0 Å². The van der Waals surface area contributed by atoms with Crippen LogP contribution in [0.25, 0.3) is 11.0 Å². The van der Waals surface area contributed by atoms with E-state index in [1.807, 2.05) is 19.9 Å². The van der Waals surface area contributed by atoms with Crippen molar-refractivity contribution in [3.8, 4) is 0 Å². The van der Waals surface area contributed by atoms with E-state index in [1.165, 1.54) is 0 Å². The Morgan fingerprint density at radius 2 is 1.56 bits per heavy atom. The van der Waals surface area contributed by atoms with Gasteiger partial charge in [0.2, 0.25) is 5.95 Å². The zero-order chi connectivity index (χ0) is 18.5. The second-order valence-electron chi connectivity index (χ2n) is 7.38. The maximum Gasteiger partial charge on any atom is 0.224 e. The summed E-state index contributed by atoms with van der Waals surface area (Å²) in [5, 5.41) is 15.5. The molecule has 9 nitrogen and oxygen atoms in total. The van der Waals surface area contributed by atoms with Gasteiger partial charge in [-0.2, -0.15) is 0 Å². The predicted octanol–water partition coefficient (Wildman–Crippen LogP) is 0.780. The minimum absolute atomic E-state index is 0.722. The van der Waals surface area contributed by atoms with Crippen LogP contribution in [0.15, 0.2) is 24.3 Å². The fourth-order valence-electron chi connectivity index (χ4n) is 4.08. The summed E-state index contributed by atoms with van der Waals surface area (Å²) < 4.78 is 4.40. The third kappa shape index (κ3) is 2.65. The molecule has 0 bridgehead atoms. The number of para-hydroxylation sites is 2. The summed E-state index contributed by atoms with van der Waals surface area (Å²) >= 11 is 0. The van der Waals surface area contributed by atoms with Gasteiger partial charge in [-0.05, 0) is 33.0 Å². The third-order valence-corrected chi connectivity index (χ3v) is 5.52. The molecule has 9 heteroatoms. The highest BCUT2D eigenvalue weighted by atomic mass is 15.8. The first-order chi connectivity index (χ1) is 13.1. The normalized spacial score (nSPS) is 19.1. The SMILES string of the molecule is Cc1nnc(C)n1N1CN(N2CCN(C)CC2)c2nc3ccccc3n2C1. The molecule has 4 heterocycles. The molecule has 1 fully saturated rings. The number of rotatable bonds is 2.